The number of amides is 2. The molecule has 3 N–H and O–H groups in total. The number of anilines is 3. The Labute approximate surface area is 183 Å². The van der Waals surface area contributed by atoms with Crippen molar-refractivity contribution in [2.75, 3.05) is 17.2 Å². The van der Waals surface area contributed by atoms with Gasteiger partial charge in [0.25, 0.3) is 5.91 Å². The zero-order valence-electron chi connectivity index (χ0n) is 16.4. The third-order valence-electron chi connectivity index (χ3n) is 4.35. The van der Waals surface area contributed by atoms with E-state index in [1.54, 1.807) is 48.8 Å². The second-order valence-corrected chi connectivity index (χ2v) is 7.43. The zero-order chi connectivity index (χ0) is 21.5. The van der Waals surface area contributed by atoms with Gasteiger partial charge in [0.1, 0.15) is 0 Å². The molecule has 0 aliphatic carbocycles. The van der Waals surface area contributed by atoms with E-state index in [1.165, 1.54) is 11.3 Å². The number of rotatable bonds is 7. The molecule has 4 rings (SSSR count). The van der Waals surface area contributed by atoms with Gasteiger partial charge in [-0.05, 0) is 48.5 Å². The monoisotopic (exact) mass is 429 g/mol. The van der Waals surface area contributed by atoms with Crippen LogP contribution in [0.1, 0.15) is 10.4 Å². The SMILES string of the molecule is O=C(CNC(=O)c1ccccc1)Nc1ccc(Nc2nc(-c3ccncc3)cs2)cc1. The fourth-order valence-electron chi connectivity index (χ4n) is 2.80. The fraction of sp³-hybridized carbons (Fsp3) is 0.0435. The Morgan fingerprint density at radius 1 is 0.871 bits per heavy atom. The third-order valence-corrected chi connectivity index (χ3v) is 5.10. The number of aromatic nitrogens is 2. The Bertz CT molecular complexity index is 1160. The van der Waals surface area contributed by atoms with Gasteiger partial charge in [0.15, 0.2) is 5.13 Å². The van der Waals surface area contributed by atoms with E-state index in [-0.39, 0.29) is 18.4 Å². The predicted octanol–water partition coefficient (Wildman–Crippen LogP) is 4.32. The molecular weight excluding hydrogens is 410 g/mol. The van der Waals surface area contributed by atoms with Crippen LogP contribution in [0.3, 0.4) is 0 Å². The Morgan fingerprint density at radius 3 is 2.32 bits per heavy atom. The molecule has 0 unspecified atom stereocenters. The highest BCUT2D eigenvalue weighted by Gasteiger charge is 2.08. The minimum absolute atomic E-state index is 0.107. The van der Waals surface area contributed by atoms with Crippen LogP contribution < -0.4 is 16.0 Å². The lowest BCUT2D eigenvalue weighted by atomic mass is 10.2. The van der Waals surface area contributed by atoms with Crippen molar-refractivity contribution in [3.8, 4) is 11.3 Å². The van der Waals surface area contributed by atoms with Crippen LogP contribution in [0.2, 0.25) is 0 Å². The Kier molecular flexibility index (Phi) is 6.29. The average molecular weight is 430 g/mol. The van der Waals surface area contributed by atoms with Crippen LogP contribution in [-0.2, 0) is 4.79 Å². The van der Waals surface area contributed by atoms with Gasteiger partial charge in [0, 0.05) is 40.3 Å². The van der Waals surface area contributed by atoms with Gasteiger partial charge in [-0.25, -0.2) is 4.98 Å². The minimum atomic E-state index is -0.299. The molecule has 2 heterocycles. The van der Waals surface area contributed by atoms with Crippen LogP contribution in [0.5, 0.6) is 0 Å². The number of benzene rings is 2. The van der Waals surface area contributed by atoms with Gasteiger partial charge in [-0.2, -0.15) is 0 Å². The molecule has 0 saturated carbocycles. The average Bonchev–Trinajstić information content (AvgIpc) is 3.28. The van der Waals surface area contributed by atoms with Gasteiger partial charge >= 0.3 is 0 Å². The van der Waals surface area contributed by atoms with Gasteiger partial charge in [-0.15, -0.1) is 11.3 Å². The number of hydrogen-bond donors (Lipinski definition) is 3. The van der Waals surface area contributed by atoms with E-state index >= 15 is 0 Å². The summed E-state index contributed by atoms with van der Waals surface area (Å²) in [6, 6.07) is 19.9. The van der Waals surface area contributed by atoms with Crippen molar-refractivity contribution in [3.05, 3.63) is 90.1 Å². The number of nitrogens with one attached hydrogen (secondary N) is 3. The molecule has 0 aliphatic heterocycles. The predicted molar refractivity (Wildman–Crippen MR) is 122 cm³/mol. The third kappa shape index (κ3) is 5.52. The van der Waals surface area contributed by atoms with Crippen molar-refractivity contribution in [3.63, 3.8) is 0 Å². The molecule has 2 aromatic carbocycles. The molecule has 0 aliphatic rings. The normalized spacial score (nSPS) is 10.3. The highest BCUT2D eigenvalue weighted by Crippen LogP contribution is 2.27. The van der Waals surface area contributed by atoms with Crippen LogP contribution in [0.4, 0.5) is 16.5 Å². The summed E-state index contributed by atoms with van der Waals surface area (Å²) in [5.74, 6) is -0.586. The number of thiazole rings is 1. The van der Waals surface area contributed by atoms with Crippen molar-refractivity contribution < 1.29 is 9.59 Å². The molecule has 0 spiro atoms. The maximum absolute atomic E-state index is 12.1. The number of nitrogens with zero attached hydrogens (tertiary/aromatic N) is 2. The van der Waals surface area contributed by atoms with Gasteiger partial charge in [0.05, 0.1) is 12.2 Å². The van der Waals surface area contributed by atoms with Gasteiger partial charge in [-0.1, -0.05) is 18.2 Å². The first kappa shape index (κ1) is 20.2. The van der Waals surface area contributed by atoms with Crippen molar-refractivity contribution in [1.82, 2.24) is 15.3 Å². The molecule has 4 aromatic rings. The van der Waals surface area contributed by atoms with E-state index in [0.717, 1.165) is 22.1 Å². The molecule has 0 fully saturated rings. The second kappa shape index (κ2) is 9.64. The molecule has 2 amide bonds. The van der Waals surface area contributed by atoms with E-state index in [9.17, 15) is 9.59 Å². The maximum Gasteiger partial charge on any atom is 0.251 e. The van der Waals surface area contributed by atoms with Crippen molar-refractivity contribution >= 4 is 39.7 Å². The van der Waals surface area contributed by atoms with Crippen LogP contribution in [0, 0.1) is 0 Å². The van der Waals surface area contributed by atoms with E-state index in [2.05, 4.69) is 25.9 Å². The van der Waals surface area contributed by atoms with E-state index < -0.39 is 0 Å². The van der Waals surface area contributed by atoms with Crippen molar-refractivity contribution in [2.45, 2.75) is 0 Å². The molecule has 0 atom stereocenters. The summed E-state index contributed by atoms with van der Waals surface area (Å²) in [4.78, 5) is 32.7. The molecule has 0 bridgehead atoms. The Hall–Kier alpha value is -4.04. The molecule has 7 nitrogen and oxygen atoms in total. The lowest BCUT2D eigenvalue weighted by Crippen LogP contribution is -2.32. The van der Waals surface area contributed by atoms with Crippen LogP contribution in [0.25, 0.3) is 11.3 Å². The first-order valence-corrected chi connectivity index (χ1v) is 10.4. The Balaban J connectivity index is 1.29. The largest absolute Gasteiger partial charge is 0.343 e. The van der Waals surface area contributed by atoms with E-state index in [1.807, 2.05) is 35.7 Å². The molecule has 2 aromatic heterocycles. The maximum atomic E-state index is 12.1. The van der Waals surface area contributed by atoms with Gasteiger partial charge in [0.2, 0.25) is 5.91 Å². The van der Waals surface area contributed by atoms with Crippen molar-refractivity contribution in [1.29, 1.82) is 0 Å². The van der Waals surface area contributed by atoms with Gasteiger partial charge in [-0.3, -0.25) is 14.6 Å². The van der Waals surface area contributed by atoms with E-state index in [4.69, 9.17) is 0 Å². The summed E-state index contributed by atoms with van der Waals surface area (Å²) in [5.41, 5.74) is 3.90. The summed E-state index contributed by atoms with van der Waals surface area (Å²) in [6.07, 6.45) is 3.48. The van der Waals surface area contributed by atoms with E-state index in [0.29, 0.717) is 11.3 Å². The molecule has 154 valence electrons. The lowest BCUT2D eigenvalue weighted by molar-refractivity contribution is -0.115. The number of pyridine rings is 1. The highest BCUT2D eigenvalue weighted by molar-refractivity contribution is 7.14. The smallest absolute Gasteiger partial charge is 0.251 e. The molecule has 0 radical (unpaired) electrons. The fourth-order valence-corrected chi connectivity index (χ4v) is 3.54. The minimum Gasteiger partial charge on any atom is -0.343 e. The number of carbonyl (C=O) groups is 2. The quantitative estimate of drug-likeness (QED) is 0.407. The summed E-state index contributed by atoms with van der Waals surface area (Å²) in [6.45, 7) is -0.107. The zero-order valence-corrected chi connectivity index (χ0v) is 17.2. The number of hydrogen-bond acceptors (Lipinski definition) is 6. The lowest BCUT2D eigenvalue weighted by Gasteiger charge is -2.08. The summed E-state index contributed by atoms with van der Waals surface area (Å²) < 4.78 is 0. The number of carbonyl (C=O) groups excluding carboxylic acids is 2. The summed E-state index contributed by atoms with van der Waals surface area (Å²) in [7, 11) is 0. The molecule has 8 heteroatoms. The molecule has 0 saturated heterocycles. The Morgan fingerprint density at radius 2 is 1.58 bits per heavy atom. The first-order chi connectivity index (χ1) is 15.2. The topological polar surface area (TPSA) is 96.0 Å². The van der Waals surface area contributed by atoms with Gasteiger partial charge < -0.3 is 16.0 Å². The highest BCUT2D eigenvalue weighted by atomic mass is 32.1. The van der Waals surface area contributed by atoms with Crippen LogP contribution in [0.15, 0.2) is 84.5 Å². The standard InChI is InChI=1S/C23H19N5O2S/c29-21(14-25-22(30)17-4-2-1-3-5-17)26-18-6-8-19(9-7-18)27-23-28-20(15-31-23)16-10-12-24-13-11-16/h1-13,15H,14H2,(H,25,30)(H,26,29)(H,27,28). The van der Waals surface area contributed by atoms with Crippen molar-refractivity contribution in [2.24, 2.45) is 0 Å². The molecule has 31 heavy (non-hydrogen) atoms. The van der Waals surface area contributed by atoms with Crippen LogP contribution in [-0.4, -0.2) is 28.3 Å². The summed E-state index contributed by atoms with van der Waals surface area (Å²) in [5, 5.41) is 11.4. The second-order valence-electron chi connectivity index (χ2n) is 6.57. The van der Waals surface area contributed by atoms with Crippen LogP contribution >= 0.6 is 11.3 Å². The molecular formula is C23H19N5O2S. The first-order valence-electron chi connectivity index (χ1n) is 9.53. The summed E-state index contributed by atoms with van der Waals surface area (Å²) >= 11 is 1.51.